The van der Waals surface area contributed by atoms with Gasteiger partial charge in [0, 0.05) is 40.8 Å². The molecule has 5 rings (SSSR count). The van der Waals surface area contributed by atoms with Gasteiger partial charge in [0.25, 0.3) is 0 Å². The first-order valence-corrected chi connectivity index (χ1v) is 12.9. The third-order valence-electron chi connectivity index (χ3n) is 6.40. The van der Waals surface area contributed by atoms with Gasteiger partial charge in [0.1, 0.15) is 35.0 Å². The number of aromatic nitrogens is 3. The molecule has 0 radical (unpaired) electrons. The summed E-state index contributed by atoms with van der Waals surface area (Å²) in [6, 6.07) is 10.5. The van der Waals surface area contributed by atoms with Gasteiger partial charge in [0.2, 0.25) is 11.8 Å². The first-order valence-electron chi connectivity index (χ1n) is 12.1. The molecule has 1 aliphatic rings. The van der Waals surface area contributed by atoms with E-state index in [1.165, 1.54) is 24.1 Å². The normalized spacial score (nSPS) is 16.9. The Bertz CT molecular complexity index is 1590. The molecule has 3 aromatic heterocycles. The van der Waals surface area contributed by atoms with E-state index < -0.39 is 29.8 Å². The van der Waals surface area contributed by atoms with E-state index in [1.54, 1.807) is 47.2 Å². The quantitative estimate of drug-likeness (QED) is 0.233. The second-order valence-electron chi connectivity index (χ2n) is 9.21. The van der Waals surface area contributed by atoms with Gasteiger partial charge in [-0.25, -0.2) is 13.8 Å². The van der Waals surface area contributed by atoms with Crippen LogP contribution >= 0.6 is 15.9 Å². The Kier molecular flexibility index (Phi) is 7.38. The highest BCUT2D eigenvalue weighted by Crippen LogP contribution is 2.29. The summed E-state index contributed by atoms with van der Waals surface area (Å²) < 4.78 is 30.1. The fourth-order valence-electron chi connectivity index (χ4n) is 4.67. The smallest absolute Gasteiger partial charge is 0.248 e. The summed E-state index contributed by atoms with van der Waals surface area (Å²) in [7, 11) is 0. The molecular formula is C27H23BrF2N6O3. The zero-order valence-electron chi connectivity index (χ0n) is 20.7. The van der Waals surface area contributed by atoms with E-state index >= 15 is 0 Å². The zero-order chi connectivity index (χ0) is 27.7. The third-order valence-corrected chi connectivity index (χ3v) is 6.84. The average Bonchev–Trinajstić information content (AvgIpc) is 3.45. The van der Waals surface area contributed by atoms with Crippen molar-refractivity contribution in [1.29, 1.82) is 0 Å². The maximum atomic E-state index is 14.4. The van der Waals surface area contributed by atoms with Crippen LogP contribution in [0, 0.1) is 5.82 Å². The van der Waals surface area contributed by atoms with Crippen LogP contribution in [0.5, 0.6) is 0 Å². The second kappa shape index (κ2) is 10.9. The van der Waals surface area contributed by atoms with Crippen LogP contribution in [0.15, 0.2) is 65.7 Å². The number of pyridine rings is 2. The molecule has 39 heavy (non-hydrogen) atoms. The van der Waals surface area contributed by atoms with Crippen molar-refractivity contribution in [3.8, 4) is 0 Å². The number of nitrogens with one attached hydrogen (secondary N) is 2. The summed E-state index contributed by atoms with van der Waals surface area (Å²) >= 11 is 3.24. The second-order valence-corrected chi connectivity index (χ2v) is 10.0. The van der Waals surface area contributed by atoms with Gasteiger partial charge >= 0.3 is 0 Å². The van der Waals surface area contributed by atoms with Crippen molar-refractivity contribution in [2.45, 2.75) is 32.1 Å². The Morgan fingerprint density at radius 1 is 1.13 bits per heavy atom. The summed E-state index contributed by atoms with van der Waals surface area (Å²) in [6.45, 7) is 1.01. The topological polar surface area (TPSA) is 109 Å². The number of benzene rings is 1. The average molecular weight is 597 g/mol. The fraction of sp³-hybridized carbons (Fsp3) is 0.222. The van der Waals surface area contributed by atoms with Gasteiger partial charge < -0.3 is 20.1 Å². The van der Waals surface area contributed by atoms with Crippen LogP contribution in [0.2, 0.25) is 0 Å². The lowest BCUT2D eigenvalue weighted by molar-refractivity contribution is -0.137. The maximum Gasteiger partial charge on any atom is 0.248 e. The summed E-state index contributed by atoms with van der Waals surface area (Å²) in [4.78, 5) is 47.9. The lowest BCUT2D eigenvalue weighted by Crippen LogP contribution is -2.44. The van der Waals surface area contributed by atoms with Crippen LogP contribution in [0.4, 0.5) is 26.0 Å². The van der Waals surface area contributed by atoms with Gasteiger partial charge in [-0.3, -0.25) is 19.4 Å². The molecule has 0 spiro atoms. The number of alkyl halides is 1. The molecule has 200 valence electrons. The first kappa shape index (κ1) is 26.4. The van der Waals surface area contributed by atoms with Gasteiger partial charge in [-0.2, -0.15) is 0 Å². The summed E-state index contributed by atoms with van der Waals surface area (Å²) in [5.41, 5.74) is 2.02. The fourth-order valence-corrected chi connectivity index (χ4v) is 5.01. The molecule has 12 heteroatoms. The lowest BCUT2D eigenvalue weighted by Gasteiger charge is -2.24. The number of fused-ring (bicyclic) bond motifs is 1. The summed E-state index contributed by atoms with van der Waals surface area (Å²) in [5.74, 6) is -1.41. The SMILES string of the molecule is CC(=O)c1cn(CC(=O)N2CC(F)CC2C(=O)Nc2cccc(Br)n2)c2ccc(Nc3cncc(F)c3)cc12. The highest BCUT2D eigenvalue weighted by molar-refractivity contribution is 9.10. The van der Waals surface area contributed by atoms with Crippen molar-refractivity contribution in [3.63, 3.8) is 0 Å². The predicted molar refractivity (Wildman–Crippen MR) is 145 cm³/mol. The van der Waals surface area contributed by atoms with E-state index in [2.05, 4.69) is 36.5 Å². The van der Waals surface area contributed by atoms with Crippen molar-refractivity contribution in [2.75, 3.05) is 17.2 Å². The van der Waals surface area contributed by atoms with Crippen LogP contribution in [-0.4, -0.2) is 55.8 Å². The number of likely N-dealkylation sites (tertiary alicyclic amines) is 1. The van der Waals surface area contributed by atoms with Crippen molar-refractivity contribution in [1.82, 2.24) is 19.4 Å². The number of carbonyl (C=O) groups is 3. The Morgan fingerprint density at radius 2 is 1.95 bits per heavy atom. The number of Topliss-reactive ketones (excluding diaryl/α,β-unsaturated/α-hetero) is 1. The lowest BCUT2D eigenvalue weighted by atomic mass is 10.1. The van der Waals surface area contributed by atoms with E-state index in [4.69, 9.17) is 0 Å². The number of rotatable bonds is 7. The third kappa shape index (κ3) is 5.80. The highest BCUT2D eigenvalue weighted by atomic mass is 79.9. The number of hydrogen-bond acceptors (Lipinski definition) is 6. The predicted octanol–water partition coefficient (Wildman–Crippen LogP) is 4.86. The van der Waals surface area contributed by atoms with Crippen LogP contribution in [-0.2, 0) is 16.1 Å². The minimum atomic E-state index is -1.35. The van der Waals surface area contributed by atoms with Gasteiger partial charge in [-0.05, 0) is 53.2 Å². The Balaban J connectivity index is 1.38. The number of carbonyl (C=O) groups excluding carboxylic acids is 3. The molecule has 1 fully saturated rings. The molecule has 1 aromatic carbocycles. The Hall–Kier alpha value is -4.19. The number of nitrogens with zero attached hydrogens (tertiary/aromatic N) is 4. The van der Waals surface area contributed by atoms with Crippen molar-refractivity contribution >= 4 is 61.6 Å². The van der Waals surface area contributed by atoms with Crippen molar-refractivity contribution in [2.24, 2.45) is 0 Å². The molecule has 0 aliphatic carbocycles. The molecule has 4 heterocycles. The minimum absolute atomic E-state index is 0.124. The van der Waals surface area contributed by atoms with Gasteiger partial charge in [-0.1, -0.05) is 6.07 Å². The molecule has 9 nitrogen and oxygen atoms in total. The monoisotopic (exact) mass is 596 g/mol. The highest BCUT2D eigenvalue weighted by Gasteiger charge is 2.40. The summed E-state index contributed by atoms with van der Waals surface area (Å²) in [5, 5.41) is 6.28. The Labute approximate surface area is 230 Å². The van der Waals surface area contributed by atoms with Crippen molar-refractivity contribution < 1.29 is 23.2 Å². The van der Waals surface area contributed by atoms with Crippen LogP contribution in [0.25, 0.3) is 10.9 Å². The molecular weight excluding hydrogens is 574 g/mol. The van der Waals surface area contributed by atoms with E-state index in [0.29, 0.717) is 32.4 Å². The van der Waals surface area contributed by atoms with Gasteiger partial charge in [0.05, 0.1) is 24.6 Å². The van der Waals surface area contributed by atoms with E-state index in [1.807, 2.05) is 0 Å². The minimum Gasteiger partial charge on any atom is -0.354 e. The maximum absolute atomic E-state index is 14.4. The van der Waals surface area contributed by atoms with Crippen LogP contribution < -0.4 is 10.6 Å². The molecule has 2 unspecified atom stereocenters. The number of anilines is 3. The van der Waals surface area contributed by atoms with Crippen LogP contribution in [0.3, 0.4) is 0 Å². The number of ketones is 1. The molecule has 0 bridgehead atoms. The molecule has 1 aliphatic heterocycles. The van der Waals surface area contributed by atoms with E-state index in [9.17, 15) is 23.2 Å². The number of amides is 2. The largest absolute Gasteiger partial charge is 0.354 e. The van der Waals surface area contributed by atoms with Crippen molar-refractivity contribution in [3.05, 3.63) is 77.0 Å². The standard InChI is InChI=1S/C27H23BrF2N6O3/c1-15(37)21-13-35(22-6-5-18(9-20(21)22)32-19-7-16(29)10-31-11-19)14-26(38)36-12-17(30)8-23(36)27(39)34-25-4-2-3-24(28)33-25/h2-7,9-11,13,17,23,32H,8,12,14H2,1H3,(H,33,34,39). The summed E-state index contributed by atoms with van der Waals surface area (Å²) in [6.07, 6.45) is 2.66. The van der Waals surface area contributed by atoms with Gasteiger partial charge in [-0.15, -0.1) is 0 Å². The van der Waals surface area contributed by atoms with E-state index in [0.717, 1.165) is 6.20 Å². The first-order chi connectivity index (χ1) is 18.7. The number of hydrogen-bond donors (Lipinski definition) is 2. The number of halogens is 3. The van der Waals surface area contributed by atoms with Gasteiger partial charge in [0.15, 0.2) is 5.78 Å². The molecule has 2 amide bonds. The molecule has 1 saturated heterocycles. The van der Waals surface area contributed by atoms with Crippen LogP contribution in [0.1, 0.15) is 23.7 Å². The molecule has 2 N–H and O–H groups in total. The molecule has 4 aromatic rings. The zero-order valence-corrected chi connectivity index (χ0v) is 22.3. The molecule has 0 saturated carbocycles. The van der Waals surface area contributed by atoms with E-state index in [-0.39, 0.29) is 31.1 Å². The Morgan fingerprint density at radius 3 is 2.69 bits per heavy atom. The molecule has 2 atom stereocenters.